The predicted octanol–water partition coefficient (Wildman–Crippen LogP) is 2.46. The summed E-state index contributed by atoms with van der Waals surface area (Å²) < 4.78 is 5.17. The Balaban J connectivity index is 1.83. The van der Waals surface area contributed by atoms with Gasteiger partial charge in [0.25, 0.3) is 0 Å². The maximum Gasteiger partial charge on any atom is 0.331 e. The number of esters is 1. The predicted molar refractivity (Wildman–Crippen MR) is 72.9 cm³/mol. The molecular formula is C14H17N3O2. The molecule has 0 unspecified atom stereocenters. The van der Waals surface area contributed by atoms with Gasteiger partial charge < -0.3 is 10.1 Å². The number of hydrogen-bond acceptors (Lipinski definition) is 4. The number of aromatic nitrogens is 2. The molecule has 1 aliphatic rings. The van der Waals surface area contributed by atoms with Gasteiger partial charge in [-0.25, -0.2) is 4.79 Å². The van der Waals surface area contributed by atoms with E-state index >= 15 is 0 Å². The fourth-order valence-electron chi connectivity index (χ4n) is 2.48. The second-order valence-corrected chi connectivity index (χ2v) is 4.95. The summed E-state index contributed by atoms with van der Waals surface area (Å²) in [6.45, 7) is 2.25. The Hall–Kier alpha value is -2.04. The minimum absolute atomic E-state index is 0.145. The van der Waals surface area contributed by atoms with Gasteiger partial charge in [0.2, 0.25) is 0 Å². The third-order valence-corrected chi connectivity index (χ3v) is 3.70. The normalized spacial score (nSPS) is 16.9. The number of carbonyl (C=O) groups excluding carboxylic acids is 1. The van der Waals surface area contributed by atoms with E-state index < -0.39 is 5.54 Å². The first-order chi connectivity index (χ1) is 9.23. The minimum Gasteiger partial charge on any atom is -0.464 e. The molecule has 1 aromatic carbocycles. The van der Waals surface area contributed by atoms with Crippen LogP contribution in [0.25, 0.3) is 10.9 Å². The monoisotopic (exact) mass is 259 g/mol. The average Bonchev–Trinajstić information content (AvgIpc) is 2.81. The van der Waals surface area contributed by atoms with Gasteiger partial charge in [-0.2, -0.15) is 5.10 Å². The van der Waals surface area contributed by atoms with Crippen molar-refractivity contribution in [3.8, 4) is 0 Å². The van der Waals surface area contributed by atoms with Crippen LogP contribution in [0.4, 0.5) is 5.69 Å². The van der Waals surface area contributed by atoms with Crippen molar-refractivity contribution in [2.75, 3.05) is 11.9 Å². The van der Waals surface area contributed by atoms with Crippen LogP contribution in [0.2, 0.25) is 0 Å². The SMILES string of the molecule is CCOC(=O)C1(Nc2ccc3[nH]ncc3c2)CCC1. The molecule has 0 spiro atoms. The highest BCUT2D eigenvalue weighted by Crippen LogP contribution is 2.37. The quantitative estimate of drug-likeness (QED) is 0.828. The van der Waals surface area contributed by atoms with Crippen LogP contribution in [0, 0.1) is 0 Å². The molecule has 1 saturated carbocycles. The average molecular weight is 259 g/mol. The minimum atomic E-state index is -0.534. The molecule has 19 heavy (non-hydrogen) atoms. The molecule has 1 aromatic heterocycles. The number of ether oxygens (including phenoxy) is 1. The first kappa shape index (κ1) is 12.0. The Kier molecular flexibility index (Phi) is 2.89. The van der Waals surface area contributed by atoms with Crippen molar-refractivity contribution in [3.05, 3.63) is 24.4 Å². The van der Waals surface area contributed by atoms with E-state index in [1.165, 1.54) is 0 Å². The largest absolute Gasteiger partial charge is 0.464 e. The molecule has 2 N–H and O–H groups in total. The Morgan fingerprint density at radius 3 is 3.05 bits per heavy atom. The lowest BCUT2D eigenvalue weighted by Crippen LogP contribution is -2.53. The van der Waals surface area contributed by atoms with Gasteiger partial charge in [0.15, 0.2) is 0 Å². The van der Waals surface area contributed by atoms with Gasteiger partial charge in [-0.3, -0.25) is 5.10 Å². The van der Waals surface area contributed by atoms with Gasteiger partial charge in [-0.15, -0.1) is 0 Å². The van der Waals surface area contributed by atoms with E-state index in [1.807, 2.05) is 25.1 Å². The number of rotatable bonds is 4. The van der Waals surface area contributed by atoms with Gasteiger partial charge in [0.05, 0.1) is 18.3 Å². The molecule has 0 radical (unpaired) electrons. The Bertz CT molecular complexity index is 602. The highest BCUT2D eigenvalue weighted by atomic mass is 16.5. The van der Waals surface area contributed by atoms with Crippen LogP contribution >= 0.6 is 0 Å². The summed E-state index contributed by atoms with van der Waals surface area (Å²) in [6, 6.07) is 5.92. The molecule has 0 aliphatic heterocycles. The van der Waals surface area contributed by atoms with Crippen LogP contribution in [0.5, 0.6) is 0 Å². The van der Waals surface area contributed by atoms with Crippen molar-refractivity contribution in [1.82, 2.24) is 10.2 Å². The van der Waals surface area contributed by atoms with E-state index in [0.29, 0.717) is 6.61 Å². The van der Waals surface area contributed by atoms with E-state index in [1.54, 1.807) is 6.20 Å². The van der Waals surface area contributed by atoms with Gasteiger partial charge >= 0.3 is 5.97 Å². The number of nitrogens with zero attached hydrogens (tertiary/aromatic N) is 1. The molecule has 0 bridgehead atoms. The molecule has 3 rings (SSSR count). The molecular weight excluding hydrogens is 242 g/mol. The third kappa shape index (κ3) is 2.05. The van der Waals surface area contributed by atoms with Crippen LogP contribution in [-0.2, 0) is 9.53 Å². The molecule has 0 amide bonds. The number of hydrogen-bond donors (Lipinski definition) is 2. The number of aromatic amines is 1. The number of benzene rings is 1. The number of nitrogens with one attached hydrogen (secondary N) is 2. The highest BCUT2D eigenvalue weighted by molar-refractivity contribution is 5.88. The summed E-state index contributed by atoms with van der Waals surface area (Å²) in [5, 5.41) is 11.3. The lowest BCUT2D eigenvalue weighted by Gasteiger charge is -2.40. The van der Waals surface area contributed by atoms with Crippen LogP contribution < -0.4 is 5.32 Å². The third-order valence-electron chi connectivity index (χ3n) is 3.70. The lowest BCUT2D eigenvalue weighted by atomic mass is 9.76. The Labute approximate surface area is 111 Å². The van der Waals surface area contributed by atoms with Crippen LogP contribution in [0.3, 0.4) is 0 Å². The molecule has 0 atom stereocenters. The lowest BCUT2D eigenvalue weighted by molar-refractivity contribution is -0.151. The maximum atomic E-state index is 12.1. The van der Waals surface area contributed by atoms with Crippen molar-refractivity contribution < 1.29 is 9.53 Å². The zero-order valence-electron chi connectivity index (χ0n) is 10.9. The maximum absolute atomic E-state index is 12.1. The van der Waals surface area contributed by atoms with Gasteiger partial charge in [0.1, 0.15) is 5.54 Å². The zero-order chi connectivity index (χ0) is 13.3. The summed E-state index contributed by atoms with van der Waals surface area (Å²) in [4.78, 5) is 12.1. The van der Waals surface area contributed by atoms with E-state index in [-0.39, 0.29) is 5.97 Å². The van der Waals surface area contributed by atoms with Crippen LogP contribution in [0.1, 0.15) is 26.2 Å². The molecule has 1 fully saturated rings. The van der Waals surface area contributed by atoms with Gasteiger partial charge in [0, 0.05) is 11.1 Å². The van der Waals surface area contributed by atoms with Crippen molar-refractivity contribution in [2.45, 2.75) is 31.7 Å². The van der Waals surface area contributed by atoms with Crippen molar-refractivity contribution in [3.63, 3.8) is 0 Å². The number of carbonyl (C=O) groups is 1. The highest BCUT2D eigenvalue weighted by Gasteiger charge is 2.45. The number of anilines is 1. The summed E-state index contributed by atoms with van der Waals surface area (Å²) in [5.41, 5.74) is 1.39. The molecule has 100 valence electrons. The van der Waals surface area contributed by atoms with Crippen LogP contribution in [0.15, 0.2) is 24.4 Å². The smallest absolute Gasteiger partial charge is 0.331 e. The van der Waals surface area contributed by atoms with Gasteiger partial charge in [-0.1, -0.05) is 0 Å². The fraction of sp³-hybridized carbons (Fsp3) is 0.429. The first-order valence-corrected chi connectivity index (χ1v) is 6.62. The topological polar surface area (TPSA) is 67.0 Å². The first-order valence-electron chi connectivity index (χ1n) is 6.62. The summed E-state index contributed by atoms with van der Waals surface area (Å²) in [6.07, 6.45) is 4.49. The zero-order valence-corrected chi connectivity index (χ0v) is 10.9. The van der Waals surface area contributed by atoms with Gasteiger partial charge in [-0.05, 0) is 44.4 Å². The van der Waals surface area contributed by atoms with E-state index in [2.05, 4.69) is 15.5 Å². The Morgan fingerprint density at radius 1 is 1.53 bits per heavy atom. The molecule has 1 heterocycles. The molecule has 2 aromatic rings. The second-order valence-electron chi connectivity index (χ2n) is 4.95. The molecule has 5 heteroatoms. The summed E-state index contributed by atoms with van der Waals surface area (Å²) in [7, 11) is 0. The summed E-state index contributed by atoms with van der Waals surface area (Å²) in [5.74, 6) is -0.145. The van der Waals surface area contributed by atoms with Crippen LogP contribution in [-0.4, -0.2) is 28.3 Å². The van der Waals surface area contributed by atoms with E-state index in [9.17, 15) is 4.79 Å². The number of fused-ring (bicyclic) bond motifs is 1. The molecule has 5 nitrogen and oxygen atoms in total. The van der Waals surface area contributed by atoms with Crippen molar-refractivity contribution in [1.29, 1.82) is 0 Å². The molecule has 0 saturated heterocycles. The van der Waals surface area contributed by atoms with Crippen molar-refractivity contribution >= 4 is 22.6 Å². The standard InChI is InChI=1S/C14H17N3O2/c1-2-19-13(18)14(6-3-7-14)16-11-4-5-12-10(8-11)9-15-17-12/h4-5,8-9,16H,2-3,6-7H2,1H3,(H,15,17). The Morgan fingerprint density at radius 2 is 2.37 bits per heavy atom. The van der Waals surface area contributed by atoms with E-state index in [4.69, 9.17) is 4.74 Å². The summed E-state index contributed by atoms with van der Waals surface area (Å²) >= 11 is 0. The second kappa shape index (κ2) is 4.57. The molecule has 1 aliphatic carbocycles. The fourth-order valence-corrected chi connectivity index (χ4v) is 2.48. The van der Waals surface area contributed by atoms with Crippen molar-refractivity contribution in [2.24, 2.45) is 0 Å². The number of H-pyrrole nitrogens is 1. The van der Waals surface area contributed by atoms with E-state index in [0.717, 1.165) is 35.9 Å².